The van der Waals surface area contributed by atoms with Gasteiger partial charge in [0.1, 0.15) is 11.5 Å². The van der Waals surface area contributed by atoms with Crippen LogP contribution in [0.2, 0.25) is 5.02 Å². The molecule has 1 aromatic rings. The molecule has 0 aliphatic rings. The minimum atomic E-state index is -1.03. The predicted octanol–water partition coefficient (Wildman–Crippen LogP) is 2.30. The number of carboxylic acid groups (broad SMARTS) is 1. The Hall–Kier alpha value is -1.89. The van der Waals surface area contributed by atoms with Crippen LogP contribution in [0.5, 0.6) is 0 Å². The molecule has 18 heavy (non-hydrogen) atoms. The number of nitro benzene ring substituents is 1. The maximum atomic E-state index is 13.1. The third kappa shape index (κ3) is 3.30. The van der Waals surface area contributed by atoms with E-state index < -0.39 is 22.4 Å². The second-order valence-electron chi connectivity index (χ2n) is 3.58. The molecular weight excluding hydrogens is 267 g/mol. The Morgan fingerprint density at radius 3 is 2.72 bits per heavy atom. The summed E-state index contributed by atoms with van der Waals surface area (Å²) in [4.78, 5) is 21.8. The first-order valence-electron chi connectivity index (χ1n) is 4.89. The van der Waals surface area contributed by atoms with Gasteiger partial charge in [0.15, 0.2) is 0 Å². The molecule has 6 nitrogen and oxygen atoms in total. The molecule has 0 bridgehead atoms. The lowest BCUT2D eigenvalue weighted by Crippen LogP contribution is -2.22. The maximum Gasteiger partial charge on any atom is 0.305 e. The molecule has 0 aliphatic carbocycles. The highest BCUT2D eigenvalue weighted by Gasteiger charge is 2.20. The van der Waals surface area contributed by atoms with Crippen molar-refractivity contribution in [3.63, 3.8) is 0 Å². The number of nitrogens with zero attached hydrogens (tertiary/aromatic N) is 2. The molecule has 0 saturated carbocycles. The van der Waals surface area contributed by atoms with E-state index in [0.29, 0.717) is 0 Å². The lowest BCUT2D eigenvalue weighted by atomic mass is 10.2. The van der Waals surface area contributed by atoms with Crippen LogP contribution in [-0.2, 0) is 4.79 Å². The van der Waals surface area contributed by atoms with Crippen LogP contribution in [0.25, 0.3) is 0 Å². The van der Waals surface area contributed by atoms with Gasteiger partial charge in [0.2, 0.25) is 0 Å². The van der Waals surface area contributed by atoms with E-state index in [4.69, 9.17) is 16.7 Å². The molecule has 0 fully saturated rings. The molecule has 0 atom stereocenters. The molecule has 98 valence electrons. The van der Waals surface area contributed by atoms with Gasteiger partial charge in [-0.1, -0.05) is 11.6 Å². The molecule has 0 aromatic heterocycles. The quantitative estimate of drug-likeness (QED) is 0.659. The molecule has 0 aliphatic heterocycles. The number of nitro groups is 1. The summed E-state index contributed by atoms with van der Waals surface area (Å²) in [6.45, 7) is 0.0537. The van der Waals surface area contributed by atoms with Gasteiger partial charge in [0.25, 0.3) is 5.69 Å². The highest BCUT2D eigenvalue weighted by molar-refractivity contribution is 6.31. The van der Waals surface area contributed by atoms with Crippen LogP contribution < -0.4 is 4.90 Å². The number of rotatable bonds is 5. The van der Waals surface area contributed by atoms with Crippen molar-refractivity contribution >= 4 is 28.9 Å². The van der Waals surface area contributed by atoms with Crippen LogP contribution in [0, 0.1) is 15.9 Å². The van der Waals surface area contributed by atoms with Crippen molar-refractivity contribution in [1.82, 2.24) is 0 Å². The van der Waals surface area contributed by atoms with E-state index >= 15 is 0 Å². The molecule has 1 rings (SSSR count). The largest absolute Gasteiger partial charge is 0.481 e. The first-order valence-corrected chi connectivity index (χ1v) is 5.27. The van der Waals surface area contributed by atoms with Crippen LogP contribution in [-0.4, -0.2) is 29.6 Å². The minimum absolute atomic E-state index is 0.0537. The van der Waals surface area contributed by atoms with Gasteiger partial charge in [-0.15, -0.1) is 0 Å². The third-order valence-corrected chi connectivity index (χ3v) is 2.58. The van der Waals surface area contributed by atoms with Crippen molar-refractivity contribution in [3.8, 4) is 0 Å². The molecule has 8 heteroatoms. The fourth-order valence-electron chi connectivity index (χ4n) is 1.36. The van der Waals surface area contributed by atoms with Crippen LogP contribution in [0.1, 0.15) is 6.42 Å². The average Bonchev–Trinajstić information content (AvgIpc) is 2.28. The lowest BCUT2D eigenvalue weighted by molar-refractivity contribution is -0.384. The summed E-state index contributed by atoms with van der Waals surface area (Å²) in [6.07, 6.45) is -0.192. The summed E-state index contributed by atoms with van der Waals surface area (Å²) < 4.78 is 13.1. The number of carbonyl (C=O) groups is 1. The summed E-state index contributed by atoms with van der Waals surface area (Å²) in [5.41, 5.74) is -0.377. The van der Waals surface area contributed by atoms with Gasteiger partial charge in [-0.3, -0.25) is 14.9 Å². The Bertz CT molecular complexity index is 495. The van der Waals surface area contributed by atoms with E-state index in [1.165, 1.54) is 11.9 Å². The first-order chi connectivity index (χ1) is 8.32. The number of carboxylic acids is 1. The molecular formula is C10H10ClFN2O4. The van der Waals surface area contributed by atoms with E-state index in [1.54, 1.807) is 0 Å². The zero-order valence-corrected chi connectivity index (χ0v) is 10.1. The fraction of sp³-hybridized carbons (Fsp3) is 0.300. The standard InChI is InChI=1S/C10H10ClFN2O4/c1-13(3-2-10(15)16)8-4-6(11)7(12)5-9(8)14(17)18/h4-5H,2-3H2,1H3,(H,15,16). The topological polar surface area (TPSA) is 83.7 Å². The van der Waals surface area contributed by atoms with Crippen molar-refractivity contribution in [1.29, 1.82) is 0 Å². The molecule has 0 radical (unpaired) electrons. The molecule has 0 saturated heterocycles. The van der Waals surface area contributed by atoms with Gasteiger partial charge < -0.3 is 10.0 Å². The molecule has 0 amide bonds. The average molecular weight is 277 g/mol. The molecule has 0 unspecified atom stereocenters. The smallest absolute Gasteiger partial charge is 0.305 e. The highest BCUT2D eigenvalue weighted by atomic mass is 35.5. The van der Waals surface area contributed by atoms with Crippen molar-refractivity contribution < 1.29 is 19.2 Å². The Morgan fingerprint density at radius 2 is 2.22 bits per heavy atom. The van der Waals surface area contributed by atoms with E-state index in [-0.39, 0.29) is 23.7 Å². The third-order valence-electron chi connectivity index (χ3n) is 2.29. The number of hydrogen-bond acceptors (Lipinski definition) is 4. The van der Waals surface area contributed by atoms with Gasteiger partial charge in [-0.05, 0) is 6.07 Å². The summed E-state index contributed by atoms with van der Waals surface area (Å²) in [7, 11) is 1.47. The monoisotopic (exact) mass is 276 g/mol. The minimum Gasteiger partial charge on any atom is -0.481 e. The van der Waals surface area contributed by atoms with Gasteiger partial charge in [-0.2, -0.15) is 0 Å². The van der Waals surface area contributed by atoms with E-state index in [1.807, 2.05) is 0 Å². The summed E-state index contributed by atoms with van der Waals surface area (Å²) in [5, 5.41) is 19.1. The second kappa shape index (κ2) is 5.63. The van der Waals surface area contributed by atoms with Crippen molar-refractivity contribution in [2.24, 2.45) is 0 Å². The van der Waals surface area contributed by atoms with Crippen LogP contribution in [0.4, 0.5) is 15.8 Å². The normalized spacial score (nSPS) is 10.2. The Kier molecular flexibility index (Phi) is 4.43. The zero-order valence-electron chi connectivity index (χ0n) is 9.39. The molecule has 1 aromatic carbocycles. The highest BCUT2D eigenvalue weighted by Crippen LogP contribution is 2.32. The second-order valence-corrected chi connectivity index (χ2v) is 3.98. The van der Waals surface area contributed by atoms with Crippen LogP contribution >= 0.6 is 11.6 Å². The van der Waals surface area contributed by atoms with Gasteiger partial charge >= 0.3 is 5.97 Å². The van der Waals surface area contributed by atoms with E-state index in [9.17, 15) is 19.3 Å². The molecule has 0 spiro atoms. The van der Waals surface area contributed by atoms with Crippen molar-refractivity contribution in [2.75, 3.05) is 18.5 Å². The SMILES string of the molecule is CN(CCC(=O)O)c1cc(Cl)c(F)cc1[N+](=O)[O-]. The zero-order chi connectivity index (χ0) is 13.9. The first kappa shape index (κ1) is 14.2. The fourth-order valence-corrected chi connectivity index (χ4v) is 1.52. The van der Waals surface area contributed by atoms with E-state index in [2.05, 4.69) is 0 Å². The Balaban J connectivity index is 3.09. The predicted molar refractivity (Wildman–Crippen MR) is 63.6 cm³/mol. The maximum absolute atomic E-state index is 13.1. The summed E-state index contributed by atoms with van der Waals surface area (Å²) in [5.74, 6) is -1.92. The van der Waals surface area contributed by atoms with Gasteiger partial charge in [-0.25, -0.2) is 4.39 Å². The number of aliphatic carboxylic acids is 1. The van der Waals surface area contributed by atoms with Crippen LogP contribution in [0.15, 0.2) is 12.1 Å². The lowest BCUT2D eigenvalue weighted by Gasteiger charge is -2.18. The van der Waals surface area contributed by atoms with Crippen LogP contribution in [0.3, 0.4) is 0 Å². The Labute approximate surface area is 107 Å². The summed E-state index contributed by atoms with van der Waals surface area (Å²) in [6, 6.07) is 1.83. The van der Waals surface area contributed by atoms with E-state index in [0.717, 1.165) is 12.1 Å². The Morgan fingerprint density at radius 1 is 1.61 bits per heavy atom. The van der Waals surface area contributed by atoms with Crippen molar-refractivity contribution in [2.45, 2.75) is 6.42 Å². The molecule has 1 N–H and O–H groups in total. The van der Waals surface area contributed by atoms with Crippen molar-refractivity contribution in [3.05, 3.63) is 33.1 Å². The number of benzene rings is 1. The number of anilines is 1. The van der Waals surface area contributed by atoms with Gasteiger partial charge in [0.05, 0.1) is 22.4 Å². The number of hydrogen-bond donors (Lipinski definition) is 1. The molecule has 0 heterocycles. The summed E-state index contributed by atoms with van der Waals surface area (Å²) >= 11 is 5.56. The van der Waals surface area contributed by atoms with Gasteiger partial charge in [0, 0.05) is 13.6 Å². The number of halogens is 2.